The first-order valence-corrected chi connectivity index (χ1v) is 9.41. The lowest BCUT2D eigenvalue weighted by Gasteiger charge is -2.10. The summed E-state index contributed by atoms with van der Waals surface area (Å²) in [7, 11) is 0. The van der Waals surface area contributed by atoms with Crippen LogP contribution in [0.5, 0.6) is 0 Å². The van der Waals surface area contributed by atoms with E-state index in [1.807, 2.05) is 42.5 Å². The van der Waals surface area contributed by atoms with Crippen molar-refractivity contribution in [3.8, 4) is 22.3 Å². The number of nitrogens with two attached hydrogens (primary N) is 1. The molecule has 0 heterocycles. The maximum absolute atomic E-state index is 15.1. The third-order valence-electron chi connectivity index (χ3n) is 5.21. The average Bonchev–Trinajstić information content (AvgIpc) is 2.74. The van der Waals surface area contributed by atoms with Gasteiger partial charge in [0.1, 0.15) is 11.6 Å². The Morgan fingerprint density at radius 1 is 0.714 bits per heavy atom. The van der Waals surface area contributed by atoms with Crippen LogP contribution in [0.15, 0.2) is 72.8 Å². The highest BCUT2D eigenvalue weighted by molar-refractivity contribution is 5.89. The summed E-state index contributed by atoms with van der Waals surface area (Å²) in [5.74, 6) is -0.696. The number of benzene rings is 4. The topological polar surface area (TPSA) is 26.0 Å². The number of fused-ring (bicyclic) bond motifs is 1. The molecule has 0 unspecified atom stereocenters. The molecule has 1 nitrogen and oxygen atoms in total. The van der Waals surface area contributed by atoms with Gasteiger partial charge in [-0.3, -0.25) is 0 Å². The number of hydrogen-bond acceptors (Lipinski definition) is 1. The average molecular weight is 373 g/mol. The van der Waals surface area contributed by atoms with Gasteiger partial charge in [0, 0.05) is 23.1 Å². The number of rotatable bonds is 4. The van der Waals surface area contributed by atoms with E-state index in [1.165, 1.54) is 6.07 Å². The molecule has 3 heteroatoms. The largest absolute Gasteiger partial charge is 0.326 e. The van der Waals surface area contributed by atoms with Crippen molar-refractivity contribution < 1.29 is 8.78 Å². The quantitative estimate of drug-likeness (QED) is 0.436. The molecule has 0 bridgehead atoms. The van der Waals surface area contributed by atoms with Crippen LogP contribution in [-0.2, 0) is 13.0 Å². The van der Waals surface area contributed by atoms with Crippen LogP contribution in [0.1, 0.15) is 18.1 Å². The lowest BCUT2D eigenvalue weighted by Crippen LogP contribution is -1.95. The molecule has 4 aromatic rings. The van der Waals surface area contributed by atoms with Gasteiger partial charge >= 0.3 is 0 Å². The van der Waals surface area contributed by atoms with Gasteiger partial charge in [0.05, 0.1) is 0 Å². The van der Waals surface area contributed by atoms with Gasteiger partial charge in [-0.2, -0.15) is 0 Å². The highest BCUT2D eigenvalue weighted by Crippen LogP contribution is 2.32. The fraction of sp³-hybridized carbons (Fsp3) is 0.120. The van der Waals surface area contributed by atoms with Crippen molar-refractivity contribution in [2.45, 2.75) is 19.9 Å². The Bertz CT molecular complexity index is 1150. The molecule has 0 spiro atoms. The van der Waals surface area contributed by atoms with E-state index in [-0.39, 0.29) is 11.6 Å². The van der Waals surface area contributed by atoms with Gasteiger partial charge in [-0.15, -0.1) is 0 Å². The van der Waals surface area contributed by atoms with Crippen molar-refractivity contribution in [3.05, 3.63) is 95.6 Å². The van der Waals surface area contributed by atoms with Gasteiger partial charge in [0.15, 0.2) is 0 Å². The normalized spacial score (nSPS) is 11.1. The zero-order chi connectivity index (χ0) is 19.7. The summed E-state index contributed by atoms with van der Waals surface area (Å²) in [5, 5.41) is 1.41. The molecule has 0 atom stereocenters. The van der Waals surface area contributed by atoms with E-state index in [0.29, 0.717) is 28.6 Å². The van der Waals surface area contributed by atoms with Crippen molar-refractivity contribution in [3.63, 3.8) is 0 Å². The predicted octanol–water partition coefficient (Wildman–Crippen LogP) is 6.47. The summed E-state index contributed by atoms with van der Waals surface area (Å²) in [4.78, 5) is 0. The summed E-state index contributed by atoms with van der Waals surface area (Å²) in [5.41, 5.74) is 9.95. The minimum atomic E-state index is -0.376. The molecule has 0 saturated carbocycles. The van der Waals surface area contributed by atoms with Gasteiger partial charge in [-0.1, -0.05) is 73.7 Å². The molecule has 0 aromatic heterocycles. The van der Waals surface area contributed by atoms with E-state index in [2.05, 4.69) is 6.92 Å². The van der Waals surface area contributed by atoms with E-state index in [9.17, 15) is 4.39 Å². The SMILES string of the molecule is CCc1ccc2c(F)c(-c3ccc(-c4ccc(CN)cc4)c(F)c3)ccc2c1. The highest BCUT2D eigenvalue weighted by atomic mass is 19.1. The van der Waals surface area contributed by atoms with Crippen molar-refractivity contribution >= 4 is 10.8 Å². The maximum Gasteiger partial charge on any atom is 0.138 e. The van der Waals surface area contributed by atoms with E-state index in [1.54, 1.807) is 24.3 Å². The van der Waals surface area contributed by atoms with Crippen molar-refractivity contribution in [2.24, 2.45) is 5.73 Å². The molecule has 4 aromatic carbocycles. The first-order valence-electron chi connectivity index (χ1n) is 9.41. The lowest BCUT2D eigenvalue weighted by atomic mass is 9.96. The summed E-state index contributed by atoms with van der Waals surface area (Å²) < 4.78 is 29.9. The standard InChI is InChI=1S/C25H21F2N/c1-2-16-5-10-22-19(13-16)9-12-23(25(22)27)20-8-11-21(24(26)14-20)18-6-3-17(15-28)4-7-18/h3-14H,2,15,28H2,1H3. The molecule has 28 heavy (non-hydrogen) atoms. The second-order valence-electron chi connectivity index (χ2n) is 6.93. The third-order valence-corrected chi connectivity index (χ3v) is 5.21. The zero-order valence-electron chi connectivity index (χ0n) is 15.7. The number of hydrogen-bond donors (Lipinski definition) is 1. The molecule has 4 rings (SSSR count). The van der Waals surface area contributed by atoms with Crippen molar-refractivity contribution in [2.75, 3.05) is 0 Å². The minimum Gasteiger partial charge on any atom is -0.326 e. The van der Waals surface area contributed by atoms with Crippen LogP contribution in [0.3, 0.4) is 0 Å². The maximum atomic E-state index is 15.1. The van der Waals surface area contributed by atoms with Crippen molar-refractivity contribution in [1.29, 1.82) is 0 Å². The molecule has 0 saturated heterocycles. The summed E-state index contributed by atoms with van der Waals surface area (Å²) >= 11 is 0. The van der Waals surface area contributed by atoms with Gasteiger partial charge in [0.25, 0.3) is 0 Å². The summed E-state index contributed by atoms with van der Waals surface area (Å²) in [6.45, 7) is 2.52. The fourth-order valence-corrected chi connectivity index (χ4v) is 3.52. The van der Waals surface area contributed by atoms with E-state index in [4.69, 9.17) is 5.73 Å². The van der Waals surface area contributed by atoms with Gasteiger partial charge in [0.2, 0.25) is 0 Å². The second-order valence-corrected chi connectivity index (χ2v) is 6.93. The Labute approximate surface area is 163 Å². The van der Waals surface area contributed by atoms with Crippen LogP contribution in [-0.4, -0.2) is 0 Å². The molecule has 0 radical (unpaired) electrons. The number of aryl methyl sites for hydroxylation is 1. The van der Waals surface area contributed by atoms with Crippen molar-refractivity contribution in [1.82, 2.24) is 0 Å². The van der Waals surface area contributed by atoms with Crippen LogP contribution < -0.4 is 5.73 Å². The number of halogens is 2. The molecular formula is C25H21F2N. The molecule has 0 aliphatic heterocycles. The van der Waals surface area contributed by atoms with Crippen LogP contribution in [0.4, 0.5) is 8.78 Å². The lowest BCUT2D eigenvalue weighted by molar-refractivity contribution is 0.630. The first-order chi connectivity index (χ1) is 13.6. The highest BCUT2D eigenvalue weighted by Gasteiger charge is 2.13. The Hall–Kier alpha value is -3.04. The summed E-state index contributed by atoms with van der Waals surface area (Å²) in [6.07, 6.45) is 0.901. The Morgan fingerprint density at radius 2 is 1.39 bits per heavy atom. The second kappa shape index (κ2) is 7.53. The Morgan fingerprint density at radius 3 is 2.07 bits per heavy atom. The molecule has 2 N–H and O–H groups in total. The van der Waals surface area contributed by atoms with Crippen LogP contribution in [0, 0.1) is 11.6 Å². The van der Waals surface area contributed by atoms with Gasteiger partial charge < -0.3 is 5.73 Å². The van der Waals surface area contributed by atoms with Crippen LogP contribution in [0.25, 0.3) is 33.0 Å². The van der Waals surface area contributed by atoms with Gasteiger partial charge in [-0.05, 0) is 40.1 Å². The monoisotopic (exact) mass is 373 g/mol. The van der Waals surface area contributed by atoms with E-state index < -0.39 is 0 Å². The molecule has 140 valence electrons. The van der Waals surface area contributed by atoms with Gasteiger partial charge in [-0.25, -0.2) is 8.78 Å². The molecule has 0 aliphatic carbocycles. The Kier molecular flexibility index (Phi) is 4.93. The third kappa shape index (κ3) is 3.30. The molecule has 0 amide bonds. The Balaban J connectivity index is 1.75. The van der Waals surface area contributed by atoms with E-state index in [0.717, 1.165) is 28.5 Å². The smallest absolute Gasteiger partial charge is 0.138 e. The van der Waals surface area contributed by atoms with E-state index >= 15 is 4.39 Å². The minimum absolute atomic E-state index is 0.320. The van der Waals surface area contributed by atoms with Crippen LogP contribution in [0.2, 0.25) is 0 Å². The predicted molar refractivity (Wildman–Crippen MR) is 112 cm³/mol. The van der Waals surface area contributed by atoms with Crippen LogP contribution >= 0.6 is 0 Å². The summed E-state index contributed by atoms with van der Waals surface area (Å²) in [6, 6.07) is 21.7. The molecule has 0 aliphatic rings. The molecular weight excluding hydrogens is 352 g/mol. The first kappa shape index (κ1) is 18.3. The zero-order valence-corrected chi connectivity index (χ0v) is 15.7. The molecule has 0 fully saturated rings. The fourth-order valence-electron chi connectivity index (χ4n) is 3.52.